The molecule has 1 aromatic carbocycles. The first kappa shape index (κ1) is 23.1. The average Bonchev–Trinajstić information content (AvgIpc) is 3.04. The van der Waals surface area contributed by atoms with E-state index in [0.29, 0.717) is 22.7 Å². The Hall–Kier alpha value is -3.10. The molecule has 0 spiro atoms. The summed E-state index contributed by atoms with van der Waals surface area (Å²) in [6.45, 7) is 0.726. The van der Waals surface area contributed by atoms with E-state index in [1.165, 1.54) is 12.1 Å². The molecule has 2 aromatic heterocycles. The quantitative estimate of drug-likeness (QED) is 0.561. The van der Waals surface area contributed by atoms with Crippen molar-refractivity contribution in [3.8, 4) is 23.2 Å². The van der Waals surface area contributed by atoms with Crippen molar-refractivity contribution in [2.45, 2.75) is 49.3 Å². The highest BCUT2D eigenvalue weighted by molar-refractivity contribution is 7.89. The number of hydrogen-bond acceptors (Lipinski definition) is 5. The maximum atomic E-state index is 12.8. The molecular weight excluding hydrogens is 457 g/mol. The zero-order valence-electron chi connectivity index (χ0n) is 17.8. The van der Waals surface area contributed by atoms with Gasteiger partial charge in [0.25, 0.3) is 0 Å². The van der Waals surface area contributed by atoms with Crippen LogP contribution in [0.4, 0.5) is 13.2 Å². The third-order valence-corrected chi connectivity index (χ3v) is 7.40. The number of pyridine rings is 1. The largest absolute Gasteiger partial charge is 0.497 e. The number of nitriles is 1. The second kappa shape index (κ2) is 8.35. The Labute approximate surface area is 188 Å². The first-order valence-corrected chi connectivity index (χ1v) is 11.7. The molecule has 1 aliphatic rings. The first-order chi connectivity index (χ1) is 15.6. The summed E-state index contributed by atoms with van der Waals surface area (Å²) in [6.07, 6.45) is -0.823. The van der Waals surface area contributed by atoms with Crippen molar-refractivity contribution >= 4 is 20.9 Å². The lowest BCUT2D eigenvalue weighted by Crippen LogP contribution is -2.42. The van der Waals surface area contributed by atoms with Crippen molar-refractivity contribution in [1.82, 2.24) is 14.3 Å². The van der Waals surface area contributed by atoms with E-state index in [2.05, 4.69) is 11.1 Å². The van der Waals surface area contributed by atoms with Gasteiger partial charge in [0.15, 0.2) is 0 Å². The molecule has 33 heavy (non-hydrogen) atoms. The molecule has 0 amide bonds. The summed E-state index contributed by atoms with van der Waals surface area (Å²) in [6, 6.07) is 8.14. The van der Waals surface area contributed by atoms with Gasteiger partial charge in [-0.05, 0) is 50.5 Å². The lowest BCUT2D eigenvalue weighted by Gasteiger charge is -2.30. The molecule has 1 saturated carbocycles. The highest BCUT2D eigenvalue weighted by atomic mass is 32.2. The van der Waals surface area contributed by atoms with Gasteiger partial charge in [-0.3, -0.25) is 4.98 Å². The number of hydrogen-bond donors (Lipinski definition) is 1. The van der Waals surface area contributed by atoms with Gasteiger partial charge in [-0.1, -0.05) is 0 Å². The van der Waals surface area contributed by atoms with Gasteiger partial charge >= 0.3 is 6.18 Å². The number of aromatic nitrogens is 2. The van der Waals surface area contributed by atoms with Crippen molar-refractivity contribution in [3.63, 3.8) is 0 Å². The van der Waals surface area contributed by atoms with Crippen LogP contribution in [0.3, 0.4) is 0 Å². The Morgan fingerprint density at radius 1 is 1.27 bits per heavy atom. The molecular formula is C22H21F3N4O3S. The molecule has 11 heteroatoms. The van der Waals surface area contributed by atoms with E-state index < -0.39 is 27.1 Å². The van der Waals surface area contributed by atoms with Crippen LogP contribution in [0.2, 0.25) is 0 Å². The number of nitrogens with zero attached hydrogens (tertiary/aromatic N) is 3. The van der Waals surface area contributed by atoms with Gasteiger partial charge in [0.05, 0.1) is 29.6 Å². The lowest BCUT2D eigenvalue weighted by atomic mass is 9.92. The Balaban J connectivity index is 1.80. The van der Waals surface area contributed by atoms with Crippen LogP contribution >= 0.6 is 0 Å². The van der Waals surface area contributed by atoms with Crippen molar-refractivity contribution in [2.75, 3.05) is 7.11 Å². The van der Waals surface area contributed by atoms with Gasteiger partial charge in [-0.2, -0.15) is 23.2 Å². The second-order valence-electron chi connectivity index (χ2n) is 7.94. The van der Waals surface area contributed by atoms with Crippen molar-refractivity contribution in [2.24, 2.45) is 0 Å². The lowest BCUT2D eigenvalue weighted by molar-refractivity contribution is -0.147. The Morgan fingerprint density at radius 3 is 2.52 bits per heavy atom. The van der Waals surface area contributed by atoms with Gasteiger partial charge in [0.2, 0.25) is 10.0 Å². The van der Waals surface area contributed by atoms with Gasteiger partial charge in [-0.25, -0.2) is 8.42 Å². The summed E-state index contributed by atoms with van der Waals surface area (Å²) in [5.41, 5.74) is 2.11. The van der Waals surface area contributed by atoms with Crippen LogP contribution in [0.15, 0.2) is 41.4 Å². The third kappa shape index (κ3) is 4.16. The molecule has 1 fully saturated rings. The maximum Gasteiger partial charge on any atom is 0.404 e. The molecule has 4 rings (SSSR count). The predicted molar refractivity (Wildman–Crippen MR) is 115 cm³/mol. The minimum absolute atomic E-state index is 0.149. The zero-order valence-corrected chi connectivity index (χ0v) is 18.7. The monoisotopic (exact) mass is 478 g/mol. The minimum atomic E-state index is -4.72. The van der Waals surface area contributed by atoms with Gasteiger partial charge in [-0.15, -0.1) is 0 Å². The number of fused-ring (bicyclic) bond motifs is 1. The van der Waals surface area contributed by atoms with E-state index in [1.807, 2.05) is 10.6 Å². The summed E-state index contributed by atoms with van der Waals surface area (Å²) in [5, 5.41) is 10.6. The minimum Gasteiger partial charge on any atom is -0.497 e. The van der Waals surface area contributed by atoms with E-state index in [4.69, 9.17) is 4.74 Å². The summed E-state index contributed by atoms with van der Waals surface area (Å²) in [5.74, 6) is 0.635. The first-order valence-electron chi connectivity index (χ1n) is 10.2. The smallest absolute Gasteiger partial charge is 0.404 e. The van der Waals surface area contributed by atoms with Crippen LogP contribution in [0.25, 0.3) is 22.3 Å². The molecule has 0 aliphatic heterocycles. The summed E-state index contributed by atoms with van der Waals surface area (Å²) in [4.78, 5) is 3.83. The fourth-order valence-electron chi connectivity index (χ4n) is 3.85. The van der Waals surface area contributed by atoms with E-state index >= 15 is 0 Å². The van der Waals surface area contributed by atoms with Crippen LogP contribution in [0.1, 0.15) is 37.8 Å². The molecule has 174 valence electrons. The summed E-state index contributed by atoms with van der Waals surface area (Å²) >= 11 is 0. The molecule has 7 nitrogen and oxygen atoms in total. The number of ether oxygens (including phenoxy) is 1. The van der Waals surface area contributed by atoms with Crippen molar-refractivity contribution in [1.29, 1.82) is 5.26 Å². The number of halogens is 3. The van der Waals surface area contributed by atoms with E-state index in [-0.39, 0.29) is 6.04 Å². The number of nitrogens with one attached hydrogen (secondary N) is 1. The van der Waals surface area contributed by atoms with Crippen molar-refractivity contribution in [3.05, 3.63) is 42.1 Å². The molecule has 1 N–H and O–H groups in total. The fraction of sp³-hybridized carbons (Fsp3) is 0.364. The van der Waals surface area contributed by atoms with Gasteiger partial charge < -0.3 is 9.30 Å². The molecule has 1 atom stereocenters. The van der Waals surface area contributed by atoms with Gasteiger partial charge in [0.1, 0.15) is 22.8 Å². The van der Waals surface area contributed by atoms with Crippen LogP contribution in [0.5, 0.6) is 5.75 Å². The highest BCUT2D eigenvalue weighted by Gasteiger charge is 2.39. The van der Waals surface area contributed by atoms with Crippen molar-refractivity contribution < 1.29 is 26.3 Å². The van der Waals surface area contributed by atoms with Crippen LogP contribution in [-0.2, 0) is 10.0 Å². The topological polar surface area (TPSA) is 97.0 Å². The van der Waals surface area contributed by atoms with E-state index in [9.17, 15) is 26.9 Å². The normalized spacial score (nSPS) is 15.8. The van der Waals surface area contributed by atoms with Crippen LogP contribution < -0.4 is 9.46 Å². The number of methoxy groups -OCH3 is 1. The molecule has 2 heterocycles. The van der Waals surface area contributed by atoms with E-state index in [1.54, 1.807) is 24.0 Å². The Morgan fingerprint density at radius 2 is 2.00 bits per heavy atom. The standard InChI is InChI=1S/C22H21F3N4O3S/c1-13(22(23,24)25)28-33(30,31)16-7-9-19(27-12-16)21-18(11-26)17-8-6-15(32-2)10-20(17)29(21)14-4-3-5-14/h6-10,12-14,28H,3-5H2,1-2H3/t13-/m1/s1. The number of rotatable bonds is 6. The molecule has 0 saturated heterocycles. The molecule has 0 bridgehead atoms. The Kier molecular flexibility index (Phi) is 5.84. The number of benzene rings is 1. The maximum absolute atomic E-state index is 12.8. The van der Waals surface area contributed by atoms with Crippen LogP contribution in [0, 0.1) is 11.3 Å². The third-order valence-electron chi connectivity index (χ3n) is 5.88. The van der Waals surface area contributed by atoms with Crippen LogP contribution in [-0.4, -0.2) is 37.3 Å². The average molecular weight is 478 g/mol. The fourth-order valence-corrected chi connectivity index (χ4v) is 5.03. The molecule has 3 aromatic rings. The Bertz CT molecular complexity index is 1340. The summed E-state index contributed by atoms with van der Waals surface area (Å²) in [7, 11) is -2.88. The predicted octanol–water partition coefficient (Wildman–Crippen LogP) is 4.54. The molecule has 0 unspecified atom stereocenters. The highest BCUT2D eigenvalue weighted by Crippen LogP contribution is 2.42. The van der Waals surface area contributed by atoms with E-state index in [0.717, 1.165) is 43.3 Å². The SMILES string of the molecule is COc1ccc2c(C#N)c(-c3ccc(S(=O)(=O)N[C@H](C)C(F)(F)F)cn3)n(C3CCC3)c2c1. The zero-order chi connectivity index (χ0) is 24.0. The number of alkyl halides is 3. The van der Waals surface area contributed by atoms with Gasteiger partial charge in [0, 0.05) is 23.7 Å². The number of sulfonamides is 1. The second-order valence-corrected chi connectivity index (χ2v) is 9.65. The molecule has 0 radical (unpaired) electrons. The summed E-state index contributed by atoms with van der Waals surface area (Å²) < 4.78 is 72.1. The molecule has 1 aliphatic carbocycles.